The highest BCUT2D eigenvalue weighted by molar-refractivity contribution is 8.18. The summed E-state index contributed by atoms with van der Waals surface area (Å²) in [5.74, 6) is 0.485. The van der Waals surface area contributed by atoms with E-state index in [1.54, 1.807) is 17.4 Å². The molecule has 6 heteroatoms. The molecule has 1 aliphatic heterocycles. The zero-order valence-corrected chi connectivity index (χ0v) is 14.7. The Labute approximate surface area is 153 Å². The molecule has 0 radical (unpaired) electrons. The van der Waals surface area contributed by atoms with Crippen molar-refractivity contribution >= 4 is 51.0 Å². The standard InChI is InChI=1S/C19H14N2O2S2/c20-19-21-18(22)17(25-19)10-14-8-12-4-1-2-5-13(12)9-16(14)23-11-15-6-3-7-24-15/h1-10H,11H2,(H2,20,21,22). The van der Waals surface area contributed by atoms with Gasteiger partial charge in [0.2, 0.25) is 0 Å². The van der Waals surface area contributed by atoms with Crippen LogP contribution in [0.1, 0.15) is 10.4 Å². The molecule has 1 fully saturated rings. The summed E-state index contributed by atoms with van der Waals surface area (Å²) in [6, 6.07) is 16.1. The van der Waals surface area contributed by atoms with Crippen LogP contribution in [-0.4, -0.2) is 11.1 Å². The number of amides is 1. The van der Waals surface area contributed by atoms with Crippen LogP contribution in [0.5, 0.6) is 5.75 Å². The van der Waals surface area contributed by atoms with Crippen molar-refractivity contribution in [3.05, 3.63) is 69.3 Å². The topological polar surface area (TPSA) is 62.2 Å². The van der Waals surface area contributed by atoms with E-state index in [1.807, 2.05) is 53.9 Å². The third kappa shape index (κ3) is 3.45. The maximum atomic E-state index is 11.9. The second-order valence-electron chi connectivity index (χ2n) is 5.50. The summed E-state index contributed by atoms with van der Waals surface area (Å²) in [5.41, 5.74) is 0.836. The zero-order chi connectivity index (χ0) is 17.2. The molecule has 1 amide bonds. The Kier molecular flexibility index (Phi) is 4.29. The van der Waals surface area contributed by atoms with Gasteiger partial charge in [0.25, 0.3) is 5.91 Å². The van der Waals surface area contributed by atoms with Crippen LogP contribution in [0.25, 0.3) is 16.8 Å². The van der Waals surface area contributed by atoms with Gasteiger partial charge in [0.1, 0.15) is 12.4 Å². The van der Waals surface area contributed by atoms with E-state index in [1.165, 1.54) is 0 Å². The van der Waals surface area contributed by atoms with E-state index in [0.717, 1.165) is 38.7 Å². The first-order valence-electron chi connectivity index (χ1n) is 7.66. The summed E-state index contributed by atoms with van der Waals surface area (Å²) >= 11 is 2.78. The van der Waals surface area contributed by atoms with Crippen molar-refractivity contribution < 1.29 is 9.53 Å². The highest BCUT2D eigenvalue weighted by Crippen LogP contribution is 2.32. The van der Waals surface area contributed by atoms with Crippen LogP contribution in [0.4, 0.5) is 0 Å². The summed E-state index contributed by atoms with van der Waals surface area (Å²) in [7, 11) is 0. The van der Waals surface area contributed by atoms with Crippen LogP contribution in [0, 0.1) is 5.41 Å². The molecule has 1 saturated heterocycles. The number of rotatable bonds is 4. The van der Waals surface area contributed by atoms with Crippen molar-refractivity contribution in [1.29, 1.82) is 5.41 Å². The molecule has 4 rings (SSSR count). The van der Waals surface area contributed by atoms with Crippen molar-refractivity contribution in [1.82, 2.24) is 5.32 Å². The Balaban J connectivity index is 1.74. The van der Waals surface area contributed by atoms with Crippen LogP contribution in [-0.2, 0) is 11.4 Å². The summed E-state index contributed by atoms with van der Waals surface area (Å²) in [6.45, 7) is 0.487. The van der Waals surface area contributed by atoms with E-state index >= 15 is 0 Å². The van der Waals surface area contributed by atoms with Crippen molar-refractivity contribution in [2.24, 2.45) is 0 Å². The van der Waals surface area contributed by atoms with Crippen molar-refractivity contribution in [2.75, 3.05) is 0 Å². The quantitative estimate of drug-likeness (QED) is 0.662. The number of carbonyl (C=O) groups excluding carboxylic acids is 1. The van der Waals surface area contributed by atoms with Crippen molar-refractivity contribution in [3.63, 3.8) is 0 Å². The third-order valence-corrected chi connectivity index (χ3v) is 5.46. The van der Waals surface area contributed by atoms with Gasteiger partial charge in [-0.25, -0.2) is 0 Å². The highest BCUT2D eigenvalue weighted by atomic mass is 32.2. The fraction of sp³-hybridized carbons (Fsp3) is 0.0526. The number of carbonyl (C=O) groups is 1. The Hall–Kier alpha value is -2.57. The van der Waals surface area contributed by atoms with Crippen LogP contribution in [0.3, 0.4) is 0 Å². The van der Waals surface area contributed by atoms with E-state index in [-0.39, 0.29) is 11.1 Å². The Morgan fingerprint density at radius 2 is 1.92 bits per heavy atom. The lowest BCUT2D eigenvalue weighted by atomic mass is 10.1. The number of nitrogens with one attached hydrogen (secondary N) is 2. The van der Waals surface area contributed by atoms with Gasteiger partial charge in [0, 0.05) is 10.4 Å². The number of benzene rings is 2. The second kappa shape index (κ2) is 6.74. The monoisotopic (exact) mass is 366 g/mol. The molecule has 25 heavy (non-hydrogen) atoms. The van der Waals surface area contributed by atoms with Gasteiger partial charge < -0.3 is 10.1 Å². The molecule has 0 bridgehead atoms. The molecule has 4 nitrogen and oxygen atoms in total. The van der Waals surface area contributed by atoms with E-state index in [2.05, 4.69) is 5.32 Å². The fourth-order valence-corrected chi connectivity index (χ4v) is 3.91. The fourth-order valence-electron chi connectivity index (χ4n) is 2.60. The van der Waals surface area contributed by atoms with Gasteiger partial charge in [-0.3, -0.25) is 10.2 Å². The van der Waals surface area contributed by atoms with Crippen LogP contribution < -0.4 is 10.1 Å². The molecule has 1 aliphatic rings. The van der Waals surface area contributed by atoms with Crippen LogP contribution >= 0.6 is 23.1 Å². The Morgan fingerprint density at radius 1 is 1.12 bits per heavy atom. The molecule has 2 aromatic carbocycles. The third-order valence-electron chi connectivity index (χ3n) is 3.78. The van der Waals surface area contributed by atoms with Gasteiger partial charge in [-0.2, -0.15) is 0 Å². The maximum Gasteiger partial charge on any atom is 0.264 e. The summed E-state index contributed by atoms with van der Waals surface area (Å²) in [4.78, 5) is 13.6. The first-order valence-corrected chi connectivity index (χ1v) is 9.36. The lowest BCUT2D eigenvalue weighted by Gasteiger charge is -2.11. The van der Waals surface area contributed by atoms with Gasteiger partial charge in [-0.1, -0.05) is 30.3 Å². The molecule has 124 valence electrons. The van der Waals surface area contributed by atoms with Crippen LogP contribution in [0.2, 0.25) is 0 Å². The molecule has 3 aromatic rings. The molecule has 2 heterocycles. The molecule has 2 N–H and O–H groups in total. The lowest BCUT2D eigenvalue weighted by molar-refractivity contribution is -0.115. The molecule has 0 saturated carbocycles. The average molecular weight is 366 g/mol. The van der Waals surface area contributed by atoms with Gasteiger partial charge in [-0.05, 0) is 52.2 Å². The Bertz CT molecular complexity index is 994. The molecule has 0 aliphatic carbocycles. The minimum atomic E-state index is -0.243. The van der Waals surface area contributed by atoms with Crippen molar-refractivity contribution in [3.8, 4) is 5.75 Å². The molecule has 1 aromatic heterocycles. The minimum Gasteiger partial charge on any atom is -0.487 e. The molecule has 0 spiro atoms. The first kappa shape index (κ1) is 15.9. The van der Waals surface area contributed by atoms with Gasteiger partial charge in [0.15, 0.2) is 5.17 Å². The second-order valence-corrected chi connectivity index (χ2v) is 7.58. The average Bonchev–Trinajstić information content (AvgIpc) is 3.22. The number of hydrogen-bond acceptors (Lipinski definition) is 5. The lowest BCUT2D eigenvalue weighted by Crippen LogP contribution is -2.18. The summed E-state index contributed by atoms with van der Waals surface area (Å²) in [6.07, 6.45) is 1.79. The van der Waals surface area contributed by atoms with E-state index in [0.29, 0.717) is 11.5 Å². The first-order chi connectivity index (χ1) is 12.2. The summed E-state index contributed by atoms with van der Waals surface area (Å²) in [5, 5.41) is 14.4. The molecule has 0 atom stereocenters. The maximum absolute atomic E-state index is 11.9. The van der Waals surface area contributed by atoms with Crippen molar-refractivity contribution in [2.45, 2.75) is 6.61 Å². The van der Waals surface area contributed by atoms with Gasteiger partial charge in [0.05, 0.1) is 4.91 Å². The number of amidine groups is 1. The zero-order valence-electron chi connectivity index (χ0n) is 13.1. The SMILES string of the molecule is N=C1NC(=O)C(=Cc2cc3ccccc3cc2OCc2cccs2)S1. The molecule has 0 unspecified atom stereocenters. The van der Waals surface area contributed by atoms with Gasteiger partial charge >= 0.3 is 0 Å². The molecular weight excluding hydrogens is 352 g/mol. The van der Waals surface area contributed by atoms with Gasteiger partial charge in [-0.15, -0.1) is 11.3 Å². The number of hydrogen-bond donors (Lipinski definition) is 2. The minimum absolute atomic E-state index is 0.151. The predicted octanol–water partition coefficient (Wildman–Crippen LogP) is 4.62. The largest absolute Gasteiger partial charge is 0.487 e. The highest BCUT2D eigenvalue weighted by Gasteiger charge is 2.22. The smallest absolute Gasteiger partial charge is 0.264 e. The number of ether oxygens (including phenoxy) is 1. The number of fused-ring (bicyclic) bond motifs is 1. The summed E-state index contributed by atoms with van der Waals surface area (Å²) < 4.78 is 6.03. The number of thiophene rings is 1. The normalized spacial score (nSPS) is 15.8. The molecular formula is C19H14N2O2S2. The van der Waals surface area contributed by atoms with E-state index in [9.17, 15) is 4.79 Å². The van der Waals surface area contributed by atoms with Crippen LogP contribution in [0.15, 0.2) is 58.8 Å². The Morgan fingerprint density at radius 3 is 2.60 bits per heavy atom. The van der Waals surface area contributed by atoms with E-state index in [4.69, 9.17) is 10.1 Å². The van der Waals surface area contributed by atoms with E-state index < -0.39 is 0 Å². The predicted molar refractivity (Wildman–Crippen MR) is 104 cm³/mol. The number of thioether (sulfide) groups is 1.